The Labute approximate surface area is 192 Å². The van der Waals surface area contributed by atoms with E-state index in [9.17, 15) is 9.59 Å². The first kappa shape index (κ1) is 21.7. The maximum absolute atomic E-state index is 13.5. The molecule has 1 heterocycles. The van der Waals surface area contributed by atoms with Crippen molar-refractivity contribution < 1.29 is 14.3 Å². The van der Waals surface area contributed by atoms with Gasteiger partial charge in [-0.3, -0.25) is 9.59 Å². The normalized spacial score (nSPS) is 13.7. The van der Waals surface area contributed by atoms with Gasteiger partial charge in [0, 0.05) is 5.69 Å². The van der Waals surface area contributed by atoms with Gasteiger partial charge in [0.1, 0.15) is 11.4 Å². The van der Waals surface area contributed by atoms with E-state index in [1.807, 2.05) is 39.0 Å². The number of imide groups is 1. The molecule has 0 unspecified atom stereocenters. The average Bonchev–Trinajstić information content (AvgIpc) is 2.98. The molecule has 0 atom stereocenters. The smallest absolute Gasteiger partial charge is 0.282 e. The molecule has 32 heavy (non-hydrogen) atoms. The minimum Gasteiger partial charge on any atom is -0.494 e. The quantitative estimate of drug-likeness (QED) is 0.489. The van der Waals surface area contributed by atoms with E-state index in [4.69, 9.17) is 16.3 Å². The van der Waals surface area contributed by atoms with Gasteiger partial charge in [-0.25, -0.2) is 4.90 Å². The van der Waals surface area contributed by atoms with Gasteiger partial charge < -0.3 is 10.1 Å². The van der Waals surface area contributed by atoms with Gasteiger partial charge in [-0.1, -0.05) is 41.9 Å². The zero-order valence-electron chi connectivity index (χ0n) is 18.1. The standard InChI is InChI=1S/C26H23ClN2O3/c1-4-32-20-11-9-18(10-12-20)23-24(28-19-14-16(2)13-17(3)15-19)26(31)29(25(23)30)22-8-6-5-7-21(22)27/h5-15,28H,4H2,1-3H3. The number of hydrogen-bond acceptors (Lipinski definition) is 4. The summed E-state index contributed by atoms with van der Waals surface area (Å²) in [6.45, 7) is 6.41. The van der Waals surface area contributed by atoms with Gasteiger partial charge in [0.05, 0.1) is 22.9 Å². The maximum atomic E-state index is 13.5. The van der Waals surface area contributed by atoms with Crippen molar-refractivity contribution >= 4 is 40.4 Å². The fourth-order valence-corrected chi connectivity index (χ4v) is 4.06. The number of hydrogen-bond donors (Lipinski definition) is 1. The molecule has 162 valence electrons. The molecule has 4 rings (SSSR count). The SMILES string of the molecule is CCOc1ccc(C2=C(Nc3cc(C)cc(C)c3)C(=O)N(c3ccccc3Cl)C2=O)cc1. The lowest BCUT2D eigenvalue weighted by molar-refractivity contribution is -0.120. The third-order valence-corrected chi connectivity index (χ3v) is 5.44. The summed E-state index contributed by atoms with van der Waals surface area (Å²) in [5.74, 6) is -0.189. The number of carbonyl (C=O) groups excluding carboxylic acids is 2. The molecule has 3 aromatic rings. The van der Waals surface area contributed by atoms with Crippen LogP contribution in [-0.4, -0.2) is 18.4 Å². The summed E-state index contributed by atoms with van der Waals surface area (Å²) in [5, 5.41) is 3.53. The topological polar surface area (TPSA) is 58.6 Å². The largest absolute Gasteiger partial charge is 0.494 e. The predicted molar refractivity (Wildman–Crippen MR) is 128 cm³/mol. The van der Waals surface area contributed by atoms with Crippen molar-refractivity contribution in [1.29, 1.82) is 0 Å². The highest BCUT2D eigenvalue weighted by Gasteiger charge is 2.41. The Morgan fingerprint density at radius 2 is 1.56 bits per heavy atom. The number of nitrogens with zero attached hydrogens (tertiary/aromatic N) is 1. The molecule has 0 aliphatic carbocycles. The number of benzene rings is 3. The second-order valence-electron chi connectivity index (χ2n) is 7.61. The number of ether oxygens (including phenoxy) is 1. The van der Waals surface area contributed by atoms with Gasteiger partial charge in [0.15, 0.2) is 0 Å². The molecule has 0 spiro atoms. The Morgan fingerprint density at radius 1 is 0.906 bits per heavy atom. The van der Waals surface area contributed by atoms with E-state index >= 15 is 0 Å². The Kier molecular flexibility index (Phi) is 6.01. The van der Waals surface area contributed by atoms with Crippen LogP contribution >= 0.6 is 11.6 Å². The van der Waals surface area contributed by atoms with Crippen molar-refractivity contribution in [2.45, 2.75) is 20.8 Å². The molecule has 0 aromatic heterocycles. The fourth-order valence-electron chi connectivity index (χ4n) is 3.84. The van der Waals surface area contributed by atoms with Gasteiger partial charge >= 0.3 is 0 Å². The van der Waals surface area contributed by atoms with Gasteiger partial charge in [-0.15, -0.1) is 0 Å². The highest BCUT2D eigenvalue weighted by molar-refractivity contribution is 6.48. The Balaban J connectivity index is 1.82. The van der Waals surface area contributed by atoms with Crippen molar-refractivity contribution in [3.63, 3.8) is 0 Å². The molecular formula is C26H23ClN2O3. The molecule has 0 saturated heterocycles. The van der Waals surface area contributed by atoms with Crippen LogP contribution < -0.4 is 15.0 Å². The monoisotopic (exact) mass is 446 g/mol. The molecule has 3 aromatic carbocycles. The number of halogens is 1. The summed E-state index contributed by atoms with van der Waals surface area (Å²) in [6.07, 6.45) is 0. The maximum Gasteiger partial charge on any atom is 0.282 e. The van der Waals surface area contributed by atoms with E-state index in [0.717, 1.165) is 21.7 Å². The highest BCUT2D eigenvalue weighted by Crippen LogP contribution is 2.37. The molecule has 5 nitrogen and oxygen atoms in total. The van der Waals surface area contributed by atoms with Crippen molar-refractivity contribution in [3.8, 4) is 5.75 Å². The second-order valence-corrected chi connectivity index (χ2v) is 8.01. The molecule has 0 bridgehead atoms. The summed E-state index contributed by atoms with van der Waals surface area (Å²) in [5.41, 5.74) is 4.31. The van der Waals surface area contributed by atoms with Crippen molar-refractivity contribution in [2.24, 2.45) is 0 Å². The minimum absolute atomic E-state index is 0.212. The molecule has 2 amide bonds. The molecule has 6 heteroatoms. The number of carbonyl (C=O) groups is 2. The van der Waals surface area contributed by atoms with Crippen LogP contribution in [0.4, 0.5) is 11.4 Å². The lowest BCUT2D eigenvalue weighted by Gasteiger charge is -2.17. The van der Waals surface area contributed by atoms with Crippen molar-refractivity contribution in [1.82, 2.24) is 0 Å². The number of aryl methyl sites for hydroxylation is 2. The Morgan fingerprint density at radius 3 is 2.19 bits per heavy atom. The molecule has 1 aliphatic rings. The van der Waals surface area contributed by atoms with Gasteiger partial charge in [0.2, 0.25) is 0 Å². The van der Waals surface area contributed by atoms with Crippen molar-refractivity contribution in [3.05, 3.63) is 94.1 Å². The first-order valence-corrected chi connectivity index (χ1v) is 10.7. The summed E-state index contributed by atoms with van der Waals surface area (Å²) in [4.78, 5) is 28.2. The predicted octanol–water partition coefficient (Wildman–Crippen LogP) is 5.75. The number of amides is 2. The van der Waals surface area contributed by atoms with E-state index in [-0.39, 0.29) is 11.3 Å². The fraction of sp³-hybridized carbons (Fsp3) is 0.154. The lowest BCUT2D eigenvalue weighted by Crippen LogP contribution is -2.32. The summed E-state index contributed by atoms with van der Waals surface area (Å²) in [7, 11) is 0. The Hall–Kier alpha value is -3.57. The first-order valence-electron chi connectivity index (χ1n) is 10.3. The summed E-state index contributed by atoms with van der Waals surface area (Å²) in [6, 6.07) is 19.9. The highest BCUT2D eigenvalue weighted by atomic mass is 35.5. The zero-order chi connectivity index (χ0) is 22.8. The van der Waals surface area contributed by atoms with Gasteiger partial charge in [-0.2, -0.15) is 0 Å². The van der Waals surface area contributed by atoms with E-state index in [1.54, 1.807) is 48.5 Å². The Bertz CT molecular complexity index is 1210. The number of anilines is 2. The van der Waals surface area contributed by atoms with Crippen molar-refractivity contribution in [2.75, 3.05) is 16.8 Å². The molecule has 0 radical (unpaired) electrons. The zero-order valence-corrected chi connectivity index (χ0v) is 18.9. The van der Waals surface area contributed by atoms with Crippen LogP contribution in [0.1, 0.15) is 23.6 Å². The lowest BCUT2D eigenvalue weighted by atomic mass is 10.0. The van der Waals surface area contributed by atoms with Crippen LogP contribution in [0.5, 0.6) is 5.75 Å². The number of para-hydroxylation sites is 1. The van der Waals surface area contributed by atoms with E-state index in [0.29, 0.717) is 28.6 Å². The number of rotatable bonds is 6. The van der Waals surface area contributed by atoms with E-state index < -0.39 is 11.8 Å². The first-order chi connectivity index (χ1) is 15.4. The molecule has 0 fully saturated rings. The second kappa shape index (κ2) is 8.89. The van der Waals surface area contributed by atoms with Crippen LogP contribution in [0, 0.1) is 13.8 Å². The molecule has 1 aliphatic heterocycles. The van der Waals surface area contributed by atoms with Crippen LogP contribution in [0.15, 0.2) is 72.4 Å². The van der Waals surface area contributed by atoms with Crippen LogP contribution in [0.25, 0.3) is 5.57 Å². The summed E-state index contributed by atoms with van der Waals surface area (Å²) < 4.78 is 5.52. The minimum atomic E-state index is -0.453. The van der Waals surface area contributed by atoms with Gasteiger partial charge in [-0.05, 0) is 73.9 Å². The third kappa shape index (κ3) is 4.12. The van der Waals surface area contributed by atoms with E-state index in [2.05, 4.69) is 5.32 Å². The van der Waals surface area contributed by atoms with Crippen LogP contribution in [0.3, 0.4) is 0 Å². The van der Waals surface area contributed by atoms with Crippen LogP contribution in [-0.2, 0) is 9.59 Å². The molecular weight excluding hydrogens is 424 g/mol. The van der Waals surface area contributed by atoms with Crippen LogP contribution in [0.2, 0.25) is 5.02 Å². The average molecular weight is 447 g/mol. The summed E-state index contributed by atoms with van der Waals surface area (Å²) >= 11 is 6.33. The molecule has 1 N–H and O–H groups in total. The molecule has 0 saturated carbocycles. The number of nitrogens with one attached hydrogen (secondary N) is 1. The van der Waals surface area contributed by atoms with E-state index in [1.165, 1.54) is 0 Å². The third-order valence-electron chi connectivity index (χ3n) is 5.12. The van der Waals surface area contributed by atoms with Gasteiger partial charge in [0.25, 0.3) is 11.8 Å².